The van der Waals surface area contributed by atoms with E-state index in [1.54, 1.807) is 33.9 Å². The van der Waals surface area contributed by atoms with Crippen LogP contribution in [0.4, 0.5) is 20.2 Å². The van der Waals surface area contributed by atoms with Gasteiger partial charge >= 0.3 is 0 Å². The summed E-state index contributed by atoms with van der Waals surface area (Å²) in [5.41, 5.74) is 0.235. The number of benzene rings is 2. The van der Waals surface area contributed by atoms with Crippen molar-refractivity contribution in [1.29, 1.82) is 0 Å². The SMILES string of the molecule is C=CC(=O)N1CC2C(=O)N(C3CC(C)C3)c3c(c4cc(Cl)c(-c5c(O)cccc5F)c(F)c4n(-c4c(C)ccnc4C(C)C)c3=O)N2CC1C. The molecule has 4 aromatic rings. The molecule has 12 heteroatoms. The summed E-state index contributed by atoms with van der Waals surface area (Å²) in [7, 11) is 0. The molecule has 3 aliphatic rings. The van der Waals surface area contributed by atoms with E-state index in [0.29, 0.717) is 41.4 Å². The minimum absolute atomic E-state index is 0.0320. The van der Waals surface area contributed by atoms with E-state index in [-0.39, 0.29) is 58.5 Å². The predicted octanol–water partition coefficient (Wildman–Crippen LogP) is 6.86. The Labute approximate surface area is 293 Å². The third kappa shape index (κ3) is 4.92. The number of aryl methyl sites for hydroxylation is 1. The summed E-state index contributed by atoms with van der Waals surface area (Å²) < 4.78 is 34.3. The van der Waals surface area contributed by atoms with Crippen molar-refractivity contribution in [3.63, 3.8) is 0 Å². The maximum atomic E-state index is 17.6. The second kappa shape index (κ2) is 12.2. The van der Waals surface area contributed by atoms with E-state index >= 15 is 13.6 Å². The standard InChI is InChI=1S/C38H38ClF2N5O4/c1-7-28(48)43-17-26-37(49)45(22-13-19(4)14-22)36-35(44(26)16-21(43)6)23-15-24(39)29(30-25(40)9-8-10-27(30)47)31(41)34(23)46(38(36)50)33-20(5)11-12-42-32(33)18(2)3/h7-12,15,18-19,21-22,26,47H,1,13-14,16-17H2,2-6H3. The molecular weight excluding hydrogens is 664 g/mol. The second-order valence-corrected chi connectivity index (χ2v) is 14.5. The van der Waals surface area contributed by atoms with Gasteiger partial charge in [-0.05, 0) is 74.4 Å². The third-order valence-corrected chi connectivity index (χ3v) is 10.7. The number of phenols is 1. The van der Waals surface area contributed by atoms with E-state index in [9.17, 15) is 14.7 Å². The number of carbonyl (C=O) groups excluding carboxylic acids is 2. The van der Waals surface area contributed by atoms with Gasteiger partial charge in [-0.2, -0.15) is 0 Å². The van der Waals surface area contributed by atoms with E-state index in [0.717, 1.165) is 6.07 Å². The number of hydrogen-bond acceptors (Lipinski definition) is 6. The van der Waals surface area contributed by atoms with Gasteiger partial charge in [-0.3, -0.25) is 23.9 Å². The molecule has 2 aliphatic heterocycles. The van der Waals surface area contributed by atoms with Crippen LogP contribution in [0.25, 0.3) is 27.7 Å². The van der Waals surface area contributed by atoms with Crippen molar-refractivity contribution in [1.82, 2.24) is 14.5 Å². The molecule has 2 fully saturated rings. The summed E-state index contributed by atoms with van der Waals surface area (Å²) >= 11 is 6.87. The third-order valence-electron chi connectivity index (χ3n) is 10.4. The Bertz CT molecular complexity index is 2160. The number of hydrogen-bond donors (Lipinski definition) is 1. The fourth-order valence-corrected chi connectivity index (χ4v) is 8.29. The van der Waals surface area contributed by atoms with Crippen LogP contribution in [0.15, 0.2) is 54.0 Å². The zero-order chi connectivity index (χ0) is 35.9. The molecule has 50 heavy (non-hydrogen) atoms. The van der Waals surface area contributed by atoms with Crippen molar-refractivity contribution < 1.29 is 23.5 Å². The van der Waals surface area contributed by atoms with E-state index < -0.39 is 46.2 Å². The van der Waals surface area contributed by atoms with Crippen LogP contribution >= 0.6 is 11.6 Å². The molecule has 2 amide bonds. The lowest BCUT2D eigenvalue weighted by molar-refractivity contribution is -0.131. The Morgan fingerprint density at radius 1 is 1.08 bits per heavy atom. The first kappa shape index (κ1) is 33.7. The minimum atomic E-state index is -1.02. The van der Waals surface area contributed by atoms with Gasteiger partial charge < -0.3 is 19.8 Å². The lowest BCUT2D eigenvalue weighted by atomic mass is 9.79. The lowest BCUT2D eigenvalue weighted by Crippen LogP contribution is -2.68. The highest BCUT2D eigenvalue weighted by molar-refractivity contribution is 6.35. The van der Waals surface area contributed by atoms with Crippen molar-refractivity contribution in [2.75, 3.05) is 22.9 Å². The fourth-order valence-electron chi connectivity index (χ4n) is 8.00. The molecule has 1 saturated heterocycles. The quantitative estimate of drug-likeness (QED) is 0.229. The highest BCUT2D eigenvalue weighted by atomic mass is 35.5. The Hall–Kier alpha value is -4.77. The molecule has 0 spiro atoms. The summed E-state index contributed by atoms with van der Waals surface area (Å²) in [5.74, 6) is -2.96. The Morgan fingerprint density at radius 2 is 1.80 bits per heavy atom. The van der Waals surface area contributed by atoms with Crippen LogP contribution in [-0.2, 0) is 9.59 Å². The van der Waals surface area contributed by atoms with Crippen LogP contribution in [0, 0.1) is 24.5 Å². The molecule has 9 nitrogen and oxygen atoms in total. The number of piperazine rings is 1. The lowest BCUT2D eigenvalue weighted by Gasteiger charge is -2.53. The van der Waals surface area contributed by atoms with Crippen LogP contribution in [0.3, 0.4) is 0 Å². The number of fused-ring (bicyclic) bond motifs is 5. The van der Waals surface area contributed by atoms with Gasteiger partial charge in [-0.15, -0.1) is 0 Å². The van der Waals surface area contributed by atoms with Crippen LogP contribution in [0.5, 0.6) is 5.75 Å². The summed E-state index contributed by atoms with van der Waals surface area (Å²) in [5, 5.41) is 10.8. The van der Waals surface area contributed by atoms with Gasteiger partial charge in [0.15, 0.2) is 5.82 Å². The van der Waals surface area contributed by atoms with Crippen LogP contribution in [0.1, 0.15) is 57.7 Å². The Kier molecular flexibility index (Phi) is 8.24. The van der Waals surface area contributed by atoms with E-state index in [1.165, 1.54) is 28.8 Å². The summed E-state index contributed by atoms with van der Waals surface area (Å²) in [6.45, 7) is 13.4. The van der Waals surface area contributed by atoms with Crippen LogP contribution in [-0.4, -0.2) is 62.6 Å². The molecule has 0 radical (unpaired) electrons. The summed E-state index contributed by atoms with van der Waals surface area (Å²) in [4.78, 5) is 52.4. The molecule has 7 rings (SSSR count). The maximum Gasteiger partial charge on any atom is 0.281 e. The van der Waals surface area contributed by atoms with Crippen LogP contribution in [0.2, 0.25) is 5.02 Å². The zero-order valence-electron chi connectivity index (χ0n) is 28.5. The number of carbonyl (C=O) groups is 2. The monoisotopic (exact) mass is 701 g/mol. The molecule has 2 atom stereocenters. The summed E-state index contributed by atoms with van der Waals surface area (Å²) in [6, 6.07) is 5.27. The molecule has 1 aliphatic carbocycles. The minimum Gasteiger partial charge on any atom is -0.507 e. The highest BCUT2D eigenvalue weighted by Crippen LogP contribution is 2.49. The predicted molar refractivity (Wildman–Crippen MR) is 190 cm³/mol. The number of rotatable bonds is 5. The molecular formula is C38H38ClF2N5O4. The van der Waals surface area contributed by atoms with Crippen molar-refractivity contribution in [2.45, 2.75) is 71.5 Å². The number of halogens is 3. The molecule has 0 bridgehead atoms. The number of pyridine rings is 2. The fraction of sp³-hybridized carbons (Fsp3) is 0.368. The maximum absolute atomic E-state index is 17.6. The van der Waals surface area contributed by atoms with Gasteiger partial charge in [-0.1, -0.05) is 45.0 Å². The number of nitrogens with zero attached hydrogens (tertiary/aromatic N) is 5. The topological polar surface area (TPSA) is 99.0 Å². The van der Waals surface area contributed by atoms with Crippen molar-refractivity contribution >= 4 is 45.7 Å². The molecule has 2 aromatic carbocycles. The van der Waals surface area contributed by atoms with Gasteiger partial charge in [0, 0.05) is 35.8 Å². The molecule has 1 saturated carbocycles. The van der Waals surface area contributed by atoms with Gasteiger partial charge in [0.1, 0.15) is 23.3 Å². The normalized spacial score (nSPS) is 21.7. The number of anilines is 2. The first-order valence-electron chi connectivity index (χ1n) is 16.8. The second-order valence-electron chi connectivity index (χ2n) is 14.1. The average Bonchev–Trinajstić information content (AvgIpc) is 3.05. The van der Waals surface area contributed by atoms with E-state index in [1.807, 2.05) is 20.8 Å². The first-order valence-corrected chi connectivity index (χ1v) is 17.2. The van der Waals surface area contributed by atoms with Crippen molar-refractivity contribution in [2.24, 2.45) is 5.92 Å². The molecule has 2 unspecified atom stereocenters. The van der Waals surface area contributed by atoms with Gasteiger partial charge in [0.05, 0.1) is 39.7 Å². The van der Waals surface area contributed by atoms with Crippen molar-refractivity contribution in [3.8, 4) is 22.6 Å². The number of amides is 2. The number of aromatic nitrogens is 2. The number of phenolic OH excluding ortho intramolecular Hbond substituents is 1. The Balaban J connectivity index is 1.66. The number of aromatic hydroxyl groups is 1. The Morgan fingerprint density at radius 3 is 2.44 bits per heavy atom. The molecule has 260 valence electrons. The first-order chi connectivity index (χ1) is 23.8. The van der Waals surface area contributed by atoms with Gasteiger partial charge in [0.2, 0.25) is 5.91 Å². The summed E-state index contributed by atoms with van der Waals surface area (Å²) in [6.07, 6.45) is 4.15. The average molecular weight is 702 g/mol. The van der Waals surface area contributed by atoms with E-state index in [4.69, 9.17) is 11.6 Å². The molecule has 4 heterocycles. The van der Waals surface area contributed by atoms with Crippen molar-refractivity contribution in [3.05, 3.63) is 87.5 Å². The highest BCUT2D eigenvalue weighted by Gasteiger charge is 2.50. The van der Waals surface area contributed by atoms with Gasteiger partial charge in [0.25, 0.3) is 11.5 Å². The van der Waals surface area contributed by atoms with Gasteiger partial charge in [-0.25, -0.2) is 8.78 Å². The smallest absolute Gasteiger partial charge is 0.281 e. The molecule has 1 N–H and O–H groups in total. The van der Waals surface area contributed by atoms with Crippen LogP contribution < -0.4 is 15.4 Å². The zero-order valence-corrected chi connectivity index (χ0v) is 29.3. The largest absolute Gasteiger partial charge is 0.507 e. The molecule has 2 aromatic heterocycles. The van der Waals surface area contributed by atoms with E-state index in [2.05, 4.69) is 18.5 Å².